The fraction of sp³-hybridized carbons (Fsp3) is 0.133. The number of aliphatic carboxylic acids is 1. The summed E-state index contributed by atoms with van der Waals surface area (Å²) in [4.78, 5) is 10.8. The molecule has 3 nitrogen and oxygen atoms in total. The molecular weight excluding hydrogens is 226 g/mol. The lowest BCUT2D eigenvalue weighted by Gasteiger charge is -2.11. The van der Waals surface area contributed by atoms with Crippen LogP contribution in [0.1, 0.15) is 11.1 Å². The van der Waals surface area contributed by atoms with E-state index in [2.05, 4.69) is 5.32 Å². The molecule has 2 aromatic rings. The summed E-state index contributed by atoms with van der Waals surface area (Å²) in [5.41, 5.74) is 3.75. The minimum Gasteiger partial charge on any atom is -0.481 e. The molecule has 0 amide bonds. The highest BCUT2D eigenvalue weighted by atomic mass is 16.4. The summed E-state index contributed by atoms with van der Waals surface area (Å²) in [6.45, 7) is 2.02. The van der Waals surface area contributed by atoms with Crippen LogP contribution in [0.25, 0.3) is 0 Å². The molecule has 0 atom stereocenters. The molecular formula is C15H15NO2. The van der Waals surface area contributed by atoms with E-state index in [1.807, 2.05) is 55.5 Å². The van der Waals surface area contributed by atoms with Crippen LogP contribution in [0, 0.1) is 6.92 Å². The van der Waals surface area contributed by atoms with Crippen LogP contribution in [-0.4, -0.2) is 11.1 Å². The maximum atomic E-state index is 10.8. The number of hydrogen-bond acceptors (Lipinski definition) is 2. The molecule has 0 fully saturated rings. The molecule has 0 aromatic heterocycles. The van der Waals surface area contributed by atoms with E-state index in [1.165, 1.54) is 0 Å². The molecule has 2 N–H and O–H groups in total. The zero-order valence-electron chi connectivity index (χ0n) is 10.2. The smallest absolute Gasteiger partial charge is 0.307 e. The Morgan fingerprint density at radius 2 is 1.94 bits per heavy atom. The van der Waals surface area contributed by atoms with Crippen molar-refractivity contribution >= 4 is 17.3 Å². The monoisotopic (exact) mass is 241 g/mol. The van der Waals surface area contributed by atoms with Crippen LogP contribution in [0.4, 0.5) is 11.4 Å². The minimum atomic E-state index is -0.825. The molecule has 0 aliphatic heterocycles. The molecule has 0 unspecified atom stereocenters. The number of anilines is 2. The van der Waals surface area contributed by atoms with Crippen LogP contribution in [0.15, 0.2) is 48.5 Å². The second kappa shape index (κ2) is 5.36. The average Bonchev–Trinajstić information content (AvgIpc) is 2.31. The van der Waals surface area contributed by atoms with Gasteiger partial charge in [-0.15, -0.1) is 0 Å². The van der Waals surface area contributed by atoms with Gasteiger partial charge in [0, 0.05) is 11.4 Å². The van der Waals surface area contributed by atoms with Crippen LogP contribution >= 0.6 is 0 Å². The van der Waals surface area contributed by atoms with Crippen molar-refractivity contribution in [2.75, 3.05) is 5.32 Å². The van der Waals surface area contributed by atoms with E-state index in [1.54, 1.807) is 0 Å². The fourth-order valence-electron chi connectivity index (χ4n) is 1.84. The third-order valence-electron chi connectivity index (χ3n) is 2.66. The first-order valence-electron chi connectivity index (χ1n) is 5.78. The Labute approximate surface area is 106 Å². The highest BCUT2D eigenvalue weighted by Gasteiger charge is 2.06. The average molecular weight is 241 g/mol. The molecule has 92 valence electrons. The number of carboxylic acid groups (broad SMARTS) is 1. The van der Waals surface area contributed by atoms with Crippen molar-refractivity contribution in [2.24, 2.45) is 0 Å². The van der Waals surface area contributed by atoms with Crippen molar-refractivity contribution in [1.29, 1.82) is 0 Å². The highest BCUT2D eigenvalue weighted by molar-refractivity contribution is 5.75. The Hall–Kier alpha value is -2.29. The lowest BCUT2D eigenvalue weighted by atomic mass is 10.1. The zero-order valence-corrected chi connectivity index (χ0v) is 10.2. The summed E-state index contributed by atoms with van der Waals surface area (Å²) in [6, 6.07) is 15.4. The maximum absolute atomic E-state index is 10.8. The maximum Gasteiger partial charge on any atom is 0.307 e. The van der Waals surface area contributed by atoms with Crippen LogP contribution in [-0.2, 0) is 11.2 Å². The Morgan fingerprint density at radius 3 is 2.67 bits per heavy atom. The van der Waals surface area contributed by atoms with Gasteiger partial charge in [0.2, 0.25) is 0 Å². The zero-order chi connectivity index (χ0) is 13.0. The molecule has 0 bridgehead atoms. The predicted octanol–water partition coefficient (Wildman–Crippen LogP) is 3.37. The first-order chi connectivity index (χ1) is 8.65. The van der Waals surface area contributed by atoms with Crippen molar-refractivity contribution < 1.29 is 9.90 Å². The van der Waals surface area contributed by atoms with Crippen molar-refractivity contribution in [3.05, 3.63) is 59.7 Å². The Morgan fingerprint density at radius 1 is 1.17 bits per heavy atom. The summed E-state index contributed by atoms with van der Waals surface area (Å²) < 4.78 is 0. The lowest BCUT2D eigenvalue weighted by Crippen LogP contribution is -2.03. The van der Waals surface area contributed by atoms with Crippen LogP contribution in [0.3, 0.4) is 0 Å². The largest absolute Gasteiger partial charge is 0.481 e. The number of hydrogen-bond donors (Lipinski definition) is 2. The van der Waals surface area contributed by atoms with Gasteiger partial charge in [0.15, 0.2) is 0 Å². The number of para-hydroxylation sites is 1. The van der Waals surface area contributed by atoms with Gasteiger partial charge in [-0.2, -0.15) is 0 Å². The first-order valence-corrected chi connectivity index (χ1v) is 5.78. The van der Waals surface area contributed by atoms with Crippen molar-refractivity contribution in [2.45, 2.75) is 13.3 Å². The summed E-state index contributed by atoms with van der Waals surface area (Å²) in [6.07, 6.45) is 0.0228. The van der Waals surface area contributed by atoms with E-state index in [0.717, 1.165) is 22.5 Å². The highest BCUT2D eigenvalue weighted by Crippen LogP contribution is 2.21. The molecule has 3 heteroatoms. The van der Waals surface area contributed by atoms with E-state index in [-0.39, 0.29) is 6.42 Å². The van der Waals surface area contributed by atoms with Gasteiger partial charge < -0.3 is 10.4 Å². The molecule has 2 aromatic carbocycles. The molecule has 0 spiro atoms. The standard InChI is InChI=1S/C15H15NO2/c1-11-5-4-7-13(9-11)16-14-8-3-2-6-12(14)10-15(17)18/h2-9,16H,10H2,1H3,(H,17,18). The van der Waals surface area contributed by atoms with Crippen LogP contribution in [0.2, 0.25) is 0 Å². The molecule has 0 saturated carbocycles. The number of nitrogens with one attached hydrogen (secondary N) is 1. The molecule has 0 heterocycles. The summed E-state index contributed by atoms with van der Waals surface area (Å²) in [7, 11) is 0. The molecule has 18 heavy (non-hydrogen) atoms. The van der Waals surface area contributed by atoms with E-state index < -0.39 is 5.97 Å². The van der Waals surface area contributed by atoms with Gasteiger partial charge in [-0.05, 0) is 36.2 Å². The Bertz CT molecular complexity index is 564. The summed E-state index contributed by atoms with van der Waals surface area (Å²) in [5, 5.41) is 12.1. The van der Waals surface area contributed by atoms with E-state index in [4.69, 9.17) is 5.11 Å². The normalized spacial score (nSPS) is 10.1. The van der Waals surface area contributed by atoms with Gasteiger partial charge >= 0.3 is 5.97 Å². The molecule has 0 aliphatic carbocycles. The van der Waals surface area contributed by atoms with Crippen molar-refractivity contribution in [3.8, 4) is 0 Å². The summed E-state index contributed by atoms with van der Waals surface area (Å²) >= 11 is 0. The Balaban J connectivity index is 2.26. The second-order valence-corrected chi connectivity index (χ2v) is 4.22. The molecule has 2 rings (SSSR count). The van der Waals surface area contributed by atoms with Crippen LogP contribution in [0.5, 0.6) is 0 Å². The van der Waals surface area contributed by atoms with Gasteiger partial charge in [0.1, 0.15) is 0 Å². The van der Waals surface area contributed by atoms with E-state index in [0.29, 0.717) is 0 Å². The predicted molar refractivity (Wildman–Crippen MR) is 72.2 cm³/mol. The lowest BCUT2D eigenvalue weighted by molar-refractivity contribution is -0.136. The van der Waals surface area contributed by atoms with Gasteiger partial charge in [-0.25, -0.2) is 0 Å². The summed E-state index contributed by atoms with van der Waals surface area (Å²) in [5.74, 6) is -0.825. The number of benzene rings is 2. The number of carbonyl (C=O) groups is 1. The Kier molecular flexibility index (Phi) is 3.63. The van der Waals surface area contributed by atoms with Gasteiger partial charge in [0.25, 0.3) is 0 Å². The molecule has 0 aliphatic rings. The first kappa shape index (κ1) is 12.2. The van der Waals surface area contributed by atoms with Crippen molar-refractivity contribution in [1.82, 2.24) is 0 Å². The van der Waals surface area contributed by atoms with Gasteiger partial charge in [-0.3, -0.25) is 4.79 Å². The third-order valence-corrected chi connectivity index (χ3v) is 2.66. The number of carboxylic acids is 1. The number of rotatable bonds is 4. The van der Waals surface area contributed by atoms with E-state index >= 15 is 0 Å². The fourth-order valence-corrected chi connectivity index (χ4v) is 1.84. The van der Waals surface area contributed by atoms with E-state index in [9.17, 15) is 4.79 Å². The molecule has 0 saturated heterocycles. The topological polar surface area (TPSA) is 49.3 Å². The van der Waals surface area contributed by atoms with Gasteiger partial charge in [-0.1, -0.05) is 30.3 Å². The second-order valence-electron chi connectivity index (χ2n) is 4.22. The number of aryl methyl sites for hydroxylation is 1. The van der Waals surface area contributed by atoms with Gasteiger partial charge in [0.05, 0.1) is 6.42 Å². The van der Waals surface area contributed by atoms with Crippen molar-refractivity contribution in [3.63, 3.8) is 0 Å². The quantitative estimate of drug-likeness (QED) is 0.862. The SMILES string of the molecule is Cc1cccc(Nc2ccccc2CC(=O)O)c1. The molecule has 0 radical (unpaired) electrons. The minimum absolute atomic E-state index is 0.0228. The third kappa shape index (κ3) is 3.10. The van der Waals surface area contributed by atoms with Crippen LogP contribution < -0.4 is 5.32 Å².